The average molecular weight is 214 g/mol. The highest BCUT2D eigenvalue weighted by Gasteiger charge is 2.27. The van der Waals surface area contributed by atoms with Crippen molar-refractivity contribution >= 4 is 10.0 Å². The van der Waals surface area contributed by atoms with Gasteiger partial charge in [-0.25, -0.2) is 13.1 Å². The number of aromatic amines is 1. The van der Waals surface area contributed by atoms with Gasteiger partial charge in [0, 0.05) is 18.3 Å². The van der Waals surface area contributed by atoms with E-state index in [2.05, 4.69) is 9.71 Å². The lowest BCUT2D eigenvalue weighted by Gasteiger charge is -2.03. The molecule has 0 bridgehead atoms. The molecule has 0 unspecified atom stereocenters. The second-order valence-corrected chi connectivity index (χ2v) is 5.00. The summed E-state index contributed by atoms with van der Waals surface area (Å²) in [5.41, 5.74) is -0.310. The van der Waals surface area contributed by atoms with Gasteiger partial charge in [-0.15, -0.1) is 0 Å². The molecule has 1 aliphatic carbocycles. The summed E-state index contributed by atoms with van der Waals surface area (Å²) in [5.74, 6) is 0. The lowest BCUT2D eigenvalue weighted by molar-refractivity contribution is 0.580. The van der Waals surface area contributed by atoms with Gasteiger partial charge in [-0.2, -0.15) is 0 Å². The second kappa shape index (κ2) is 3.21. The van der Waals surface area contributed by atoms with Crippen molar-refractivity contribution in [2.75, 3.05) is 0 Å². The van der Waals surface area contributed by atoms with Crippen molar-refractivity contribution in [3.05, 3.63) is 28.7 Å². The molecule has 1 aliphatic rings. The highest BCUT2D eigenvalue weighted by atomic mass is 32.2. The predicted octanol–water partition coefficient (Wildman–Crippen LogP) is -0.184. The van der Waals surface area contributed by atoms with Crippen LogP contribution < -0.4 is 10.3 Å². The molecule has 5 nitrogen and oxygen atoms in total. The normalized spacial score (nSPS) is 16.9. The molecular formula is C8H10N2O3S. The second-order valence-electron chi connectivity index (χ2n) is 3.28. The molecule has 2 rings (SSSR count). The van der Waals surface area contributed by atoms with Gasteiger partial charge in [0.2, 0.25) is 15.6 Å². The Balaban J connectivity index is 2.28. The molecule has 1 aromatic rings. The number of pyridine rings is 1. The first-order valence-corrected chi connectivity index (χ1v) is 5.77. The van der Waals surface area contributed by atoms with Gasteiger partial charge >= 0.3 is 0 Å². The van der Waals surface area contributed by atoms with E-state index < -0.39 is 10.0 Å². The summed E-state index contributed by atoms with van der Waals surface area (Å²) in [6.45, 7) is 0. The van der Waals surface area contributed by atoms with Crippen LogP contribution in [0.5, 0.6) is 0 Å². The number of hydrogen-bond acceptors (Lipinski definition) is 3. The quantitative estimate of drug-likeness (QED) is 0.732. The Bertz CT molecular complexity index is 467. The fourth-order valence-corrected chi connectivity index (χ4v) is 2.32. The van der Waals surface area contributed by atoms with E-state index in [0.29, 0.717) is 0 Å². The van der Waals surface area contributed by atoms with Crippen molar-refractivity contribution in [2.45, 2.75) is 23.8 Å². The lowest BCUT2D eigenvalue weighted by atomic mass is 10.5. The van der Waals surface area contributed by atoms with E-state index in [4.69, 9.17) is 0 Å². The number of H-pyrrole nitrogens is 1. The fraction of sp³-hybridized carbons (Fsp3) is 0.375. The van der Waals surface area contributed by atoms with Crippen LogP contribution in [0.3, 0.4) is 0 Å². The van der Waals surface area contributed by atoms with Crippen molar-refractivity contribution in [2.24, 2.45) is 0 Å². The van der Waals surface area contributed by atoms with Gasteiger partial charge in [-0.1, -0.05) is 0 Å². The minimum Gasteiger partial charge on any atom is -0.328 e. The zero-order valence-electron chi connectivity index (χ0n) is 7.36. The van der Waals surface area contributed by atoms with Crippen LogP contribution in [0.25, 0.3) is 0 Å². The smallest absolute Gasteiger partial charge is 0.247 e. The van der Waals surface area contributed by atoms with Gasteiger partial charge < -0.3 is 4.98 Å². The van der Waals surface area contributed by atoms with Crippen molar-refractivity contribution in [1.82, 2.24) is 9.71 Å². The highest BCUT2D eigenvalue weighted by molar-refractivity contribution is 7.89. The Kier molecular flexibility index (Phi) is 2.16. The van der Waals surface area contributed by atoms with Crippen LogP contribution in [-0.4, -0.2) is 19.4 Å². The Hall–Kier alpha value is -1.14. The average Bonchev–Trinajstić information content (AvgIpc) is 2.88. The molecule has 0 radical (unpaired) electrons. The van der Waals surface area contributed by atoms with Crippen LogP contribution in [-0.2, 0) is 10.0 Å². The number of aromatic nitrogens is 1. The largest absolute Gasteiger partial charge is 0.328 e. The molecule has 2 N–H and O–H groups in total. The van der Waals surface area contributed by atoms with Crippen LogP contribution in [0.2, 0.25) is 0 Å². The van der Waals surface area contributed by atoms with Crippen molar-refractivity contribution in [3.63, 3.8) is 0 Å². The number of sulfonamides is 1. The van der Waals surface area contributed by atoms with E-state index in [-0.39, 0.29) is 16.5 Å². The first-order chi connectivity index (χ1) is 6.58. The van der Waals surface area contributed by atoms with Crippen LogP contribution in [0.15, 0.2) is 28.0 Å². The van der Waals surface area contributed by atoms with Gasteiger partial charge in [0.15, 0.2) is 0 Å². The summed E-state index contributed by atoms with van der Waals surface area (Å²) in [6.07, 6.45) is 2.98. The molecule has 0 saturated heterocycles. The molecule has 0 aromatic carbocycles. The van der Waals surface area contributed by atoms with Crippen LogP contribution in [0.4, 0.5) is 0 Å². The van der Waals surface area contributed by atoms with E-state index in [1.807, 2.05) is 0 Å². The van der Waals surface area contributed by atoms with E-state index in [1.165, 1.54) is 18.3 Å². The summed E-state index contributed by atoms with van der Waals surface area (Å²) in [4.78, 5) is 13.1. The van der Waals surface area contributed by atoms with Gasteiger partial charge in [0.05, 0.1) is 4.90 Å². The monoisotopic (exact) mass is 214 g/mol. The van der Waals surface area contributed by atoms with Crippen LogP contribution in [0.1, 0.15) is 12.8 Å². The molecule has 14 heavy (non-hydrogen) atoms. The SMILES string of the molecule is O=c1ccc(S(=O)(=O)NC2CC2)c[nH]1. The zero-order chi connectivity index (χ0) is 10.2. The molecule has 76 valence electrons. The molecule has 1 heterocycles. The molecule has 6 heteroatoms. The van der Waals surface area contributed by atoms with Gasteiger partial charge in [-0.05, 0) is 18.9 Å². The summed E-state index contributed by atoms with van der Waals surface area (Å²) in [7, 11) is -3.43. The number of nitrogens with one attached hydrogen (secondary N) is 2. The topological polar surface area (TPSA) is 79.0 Å². The Morgan fingerprint density at radius 3 is 2.57 bits per heavy atom. The molecule has 1 aromatic heterocycles. The summed E-state index contributed by atoms with van der Waals surface area (Å²) in [5, 5.41) is 0. The first kappa shape index (κ1) is 9.42. The van der Waals surface area contributed by atoms with Gasteiger partial charge in [0.25, 0.3) is 0 Å². The Labute approximate surface area is 81.2 Å². The van der Waals surface area contributed by atoms with Crippen molar-refractivity contribution in [3.8, 4) is 0 Å². The minimum atomic E-state index is -3.43. The minimum absolute atomic E-state index is 0.0759. The summed E-state index contributed by atoms with van der Waals surface area (Å²) >= 11 is 0. The van der Waals surface area contributed by atoms with Gasteiger partial charge in [-0.3, -0.25) is 4.79 Å². The predicted molar refractivity (Wildman–Crippen MR) is 50.4 cm³/mol. The van der Waals surface area contributed by atoms with E-state index >= 15 is 0 Å². The lowest BCUT2D eigenvalue weighted by Crippen LogP contribution is -2.26. The molecule has 1 fully saturated rings. The third-order valence-corrected chi connectivity index (χ3v) is 3.48. The molecular weight excluding hydrogens is 204 g/mol. The molecule has 0 atom stereocenters. The zero-order valence-corrected chi connectivity index (χ0v) is 8.17. The summed E-state index contributed by atoms with van der Waals surface area (Å²) in [6, 6.07) is 2.57. The number of hydrogen-bond donors (Lipinski definition) is 2. The van der Waals surface area contributed by atoms with Gasteiger partial charge in [0.1, 0.15) is 0 Å². The van der Waals surface area contributed by atoms with E-state index in [1.54, 1.807) is 0 Å². The maximum absolute atomic E-state index is 11.6. The Morgan fingerprint density at radius 2 is 2.07 bits per heavy atom. The summed E-state index contributed by atoms with van der Waals surface area (Å²) < 4.78 is 25.6. The third kappa shape index (κ3) is 2.02. The number of rotatable bonds is 3. The van der Waals surface area contributed by atoms with Crippen LogP contribution in [0, 0.1) is 0 Å². The highest BCUT2D eigenvalue weighted by Crippen LogP contribution is 2.21. The Morgan fingerprint density at radius 1 is 1.36 bits per heavy atom. The standard InChI is InChI=1S/C8H10N2O3S/c11-8-4-3-7(5-9-8)14(12,13)10-6-1-2-6/h3-6,10H,1-2H2,(H,9,11). The molecule has 0 spiro atoms. The maximum atomic E-state index is 11.6. The van der Waals surface area contributed by atoms with E-state index in [0.717, 1.165) is 12.8 Å². The molecule has 0 amide bonds. The van der Waals surface area contributed by atoms with E-state index in [9.17, 15) is 13.2 Å². The molecule has 0 aliphatic heterocycles. The third-order valence-electron chi connectivity index (χ3n) is 1.97. The van der Waals surface area contributed by atoms with Crippen LogP contribution >= 0.6 is 0 Å². The molecule has 1 saturated carbocycles. The fourth-order valence-electron chi connectivity index (χ4n) is 1.05. The maximum Gasteiger partial charge on any atom is 0.247 e. The van der Waals surface area contributed by atoms with Crippen molar-refractivity contribution in [1.29, 1.82) is 0 Å². The van der Waals surface area contributed by atoms with Crippen molar-refractivity contribution < 1.29 is 8.42 Å². The first-order valence-electron chi connectivity index (χ1n) is 4.29.